The summed E-state index contributed by atoms with van der Waals surface area (Å²) in [7, 11) is 0. The van der Waals surface area contributed by atoms with E-state index in [0.717, 1.165) is 36.3 Å². The number of carbonyl (C=O) groups is 1. The van der Waals surface area contributed by atoms with Crippen LogP contribution in [0.1, 0.15) is 12.5 Å². The molecule has 1 aromatic heterocycles. The van der Waals surface area contributed by atoms with E-state index in [2.05, 4.69) is 34.1 Å². The van der Waals surface area contributed by atoms with Crippen LogP contribution >= 0.6 is 0 Å². The molecule has 0 unspecified atom stereocenters. The van der Waals surface area contributed by atoms with Gasteiger partial charge < -0.3 is 14.4 Å². The van der Waals surface area contributed by atoms with Crippen molar-refractivity contribution >= 4 is 16.8 Å². The zero-order valence-corrected chi connectivity index (χ0v) is 17.3. The van der Waals surface area contributed by atoms with Gasteiger partial charge in [-0.05, 0) is 42.8 Å². The van der Waals surface area contributed by atoms with E-state index in [4.69, 9.17) is 9.47 Å². The van der Waals surface area contributed by atoms with E-state index in [9.17, 15) is 4.79 Å². The number of benzene rings is 2. The summed E-state index contributed by atoms with van der Waals surface area (Å²) in [6, 6.07) is 17.7. The summed E-state index contributed by atoms with van der Waals surface area (Å²) in [4.78, 5) is 21.3. The number of pyridine rings is 1. The number of carbonyl (C=O) groups excluding carboxylic acids is 1. The Bertz CT molecular complexity index is 977. The van der Waals surface area contributed by atoms with Gasteiger partial charge in [-0.2, -0.15) is 0 Å². The Morgan fingerprint density at radius 2 is 1.63 bits per heavy atom. The summed E-state index contributed by atoms with van der Waals surface area (Å²) >= 11 is 0. The van der Waals surface area contributed by atoms with Gasteiger partial charge in [0, 0.05) is 44.3 Å². The Kier molecular flexibility index (Phi) is 6.44. The number of piperazine rings is 1. The molecule has 30 heavy (non-hydrogen) atoms. The zero-order chi connectivity index (χ0) is 20.8. The molecule has 0 N–H and O–H groups in total. The van der Waals surface area contributed by atoms with Gasteiger partial charge in [-0.25, -0.2) is 0 Å². The number of aromatic nitrogens is 1. The van der Waals surface area contributed by atoms with Crippen LogP contribution < -0.4 is 9.47 Å². The molecule has 1 fully saturated rings. The van der Waals surface area contributed by atoms with Crippen LogP contribution in [0.15, 0.2) is 60.8 Å². The van der Waals surface area contributed by atoms with E-state index in [1.165, 1.54) is 5.56 Å². The number of rotatable bonds is 7. The fourth-order valence-electron chi connectivity index (χ4n) is 3.73. The molecule has 0 atom stereocenters. The van der Waals surface area contributed by atoms with Crippen molar-refractivity contribution in [2.75, 3.05) is 39.4 Å². The highest BCUT2D eigenvalue weighted by atomic mass is 16.5. The van der Waals surface area contributed by atoms with Gasteiger partial charge in [-0.15, -0.1) is 0 Å². The van der Waals surface area contributed by atoms with E-state index in [1.807, 2.05) is 48.4 Å². The van der Waals surface area contributed by atoms with Crippen LogP contribution in [0, 0.1) is 0 Å². The van der Waals surface area contributed by atoms with Crippen molar-refractivity contribution in [1.29, 1.82) is 0 Å². The first-order valence-corrected chi connectivity index (χ1v) is 10.4. The van der Waals surface area contributed by atoms with E-state index in [1.54, 1.807) is 0 Å². The van der Waals surface area contributed by atoms with Crippen molar-refractivity contribution in [3.63, 3.8) is 0 Å². The molecular formula is C24H27N3O3. The Balaban J connectivity index is 1.26. The third-order valence-corrected chi connectivity index (χ3v) is 5.33. The van der Waals surface area contributed by atoms with Gasteiger partial charge in [-0.3, -0.25) is 14.7 Å². The fraction of sp³-hybridized carbons (Fsp3) is 0.333. The van der Waals surface area contributed by atoms with Crippen LogP contribution in [0.25, 0.3) is 10.9 Å². The maximum absolute atomic E-state index is 12.5. The van der Waals surface area contributed by atoms with Crippen molar-refractivity contribution in [1.82, 2.24) is 14.8 Å². The van der Waals surface area contributed by atoms with Crippen LogP contribution in [0.4, 0.5) is 0 Å². The Hall–Kier alpha value is -3.12. The number of nitrogens with zero attached hydrogens (tertiary/aromatic N) is 3. The fourth-order valence-corrected chi connectivity index (χ4v) is 3.73. The quantitative estimate of drug-likeness (QED) is 0.603. The summed E-state index contributed by atoms with van der Waals surface area (Å²) in [5.74, 6) is 1.50. The first-order chi connectivity index (χ1) is 14.7. The van der Waals surface area contributed by atoms with Gasteiger partial charge in [0.25, 0.3) is 5.91 Å². The van der Waals surface area contributed by atoms with Crippen molar-refractivity contribution in [2.45, 2.75) is 13.5 Å². The van der Waals surface area contributed by atoms with E-state index in [-0.39, 0.29) is 12.5 Å². The summed E-state index contributed by atoms with van der Waals surface area (Å²) in [5, 5.41) is 1.16. The van der Waals surface area contributed by atoms with E-state index < -0.39 is 0 Å². The zero-order valence-electron chi connectivity index (χ0n) is 17.3. The summed E-state index contributed by atoms with van der Waals surface area (Å²) in [5.41, 5.74) is 2.29. The molecule has 1 amide bonds. The predicted molar refractivity (Wildman–Crippen MR) is 117 cm³/mol. The summed E-state index contributed by atoms with van der Waals surface area (Å²) < 4.78 is 11.1. The predicted octanol–water partition coefficient (Wildman–Crippen LogP) is 3.36. The molecule has 2 aromatic carbocycles. The Labute approximate surface area is 177 Å². The smallest absolute Gasteiger partial charge is 0.260 e. The first-order valence-electron chi connectivity index (χ1n) is 10.4. The second kappa shape index (κ2) is 9.59. The number of amides is 1. The van der Waals surface area contributed by atoms with E-state index >= 15 is 0 Å². The lowest BCUT2D eigenvalue weighted by atomic mass is 10.1. The molecule has 1 saturated heterocycles. The maximum Gasteiger partial charge on any atom is 0.260 e. The number of ether oxygens (including phenoxy) is 2. The first kappa shape index (κ1) is 20.2. The van der Waals surface area contributed by atoms with Gasteiger partial charge in [0.2, 0.25) is 0 Å². The molecule has 3 aromatic rings. The SMILES string of the molecule is CCOc1ccc(OCC(=O)N2CCN(Cc3cccc4cccnc34)CC2)cc1. The second-order valence-electron chi connectivity index (χ2n) is 7.34. The summed E-state index contributed by atoms with van der Waals surface area (Å²) in [6.07, 6.45) is 1.84. The van der Waals surface area contributed by atoms with Crippen LogP contribution in [-0.4, -0.2) is 60.1 Å². The molecule has 0 aliphatic carbocycles. The molecule has 156 valence electrons. The lowest BCUT2D eigenvalue weighted by Crippen LogP contribution is -2.49. The highest BCUT2D eigenvalue weighted by Crippen LogP contribution is 2.19. The molecular weight excluding hydrogens is 378 g/mol. The second-order valence-corrected chi connectivity index (χ2v) is 7.34. The number of fused-ring (bicyclic) bond motifs is 1. The lowest BCUT2D eigenvalue weighted by molar-refractivity contribution is -0.135. The highest BCUT2D eigenvalue weighted by Gasteiger charge is 2.22. The van der Waals surface area contributed by atoms with Crippen LogP contribution in [0.2, 0.25) is 0 Å². The number of para-hydroxylation sites is 1. The topological polar surface area (TPSA) is 54.9 Å². The number of hydrogen-bond donors (Lipinski definition) is 0. The third-order valence-electron chi connectivity index (χ3n) is 5.33. The van der Waals surface area contributed by atoms with Gasteiger partial charge in [0.05, 0.1) is 12.1 Å². The van der Waals surface area contributed by atoms with Crippen molar-refractivity contribution in [3.05, 3.63) is 66.4 Å². The molecule has 6 nitrogen and oxygen atoms in total. The highest BCUT2D eigenvalue weighted by molar-refractivity contribution is 5.81. The minimum Gasteiger partial charge on any atom is -0.494 e. The molecule has 6 heteroatoms. The normalized spacial score (nSPS) is 14.6. The van der Waals surface area contributed by atoms with Gasteiger partial charge in [0.1, 0.15) is 11.5 Å². The average Bonchev–Trinajstić information content (AvgIpc) is 2.79. The molecule has 0 radical (unpaired) electrons. The largest absolute Gasteiger partial charge is 0.494 e. The monoisotopic (exact) mass is 405 g/mol. The number of hydrogen-bond acceptors (Lipinski definition) is 5. The standard InChI is InChI=1S/C24H27N3O3/c1-2-29-21-8-10-22(11-9-21)30-18-23(28)27-15-13-26(14-16-27)17-20-6-3-5-19-7-4-12-25-24(19)20/h3-12H,2,13-18H2,1H3. The van der Waals surface area contributed by atoms with Gasteiger partial charge >= 0.3 is 0 Å². The van der Waals surface area contributed by atoms with Crippen molar-refractivity contribution in [3.8, 4) is 11.5 Å². The van der Waals surface area contributed by atoms with Gasteiger partial charge in [0.15, 0.2) is 6.61 Å². The van der Waals surface area contributed by atoms with Gasteiger partial charge in [-0.1, -0.05) is 24.3 Å². The van der Waals surface area contributed by atoms with Crippen LogP contribution in [0.3, 0.4) is 0 Å². The molecule has 0 spiro atoms. The molecule has 0 saturated carbocycles. The molecule has 0 bridgehead atoms. The molecule has 1 aliphatic rings. The summed E-state index contributed by atoms with van der Waals surface area (Å²) in [6.45, 7) is 6.59. The molecule has 4 rings (SSSR count). The average molecular weight is 405 g/mol. The Morgan fingerprint density at radius 1 is 0.933 bits per heavy atom. The third kappa shape index (κ3) is 4.89. The minimum atomic E-state index is 0.0235. The molecule has 1 aliphatic heterocycles. The van der Waals surface area contributed by atoms with Crippen LogP contribution in [0.5, 0.6) is 11.5 Å². The van der Waals surface area contributed by atoms with Crippen molar-refractivity contribution in [2.24, 2.45) is 0 Å². The minimum absolute atomic E-state index is 0.0235. The van der Waals surface area contributed by atoms with Crippen molar-refractivity contribution < 1.29 is 14.3 Å². The van der Waals surface area contributed by atoms with E-state index in [0.29, 0.717) is 25.4 Å². The lowest BCUT2D eigenvalue weighted by Gasteiger charge is -2.34. The molecule has 2 heterocycles. The van der Waals surface area contributed by atoms with Crippen LogP contribution in [-0.2, 0) is 11.3 Å². The maximum atomic E-state index is 12.5. The Morgan fingerprint density at radius 3 is 2.37 bits per heavy atom.